The summed E-state index contributed by atoms with van der Waals surface area (Å²) in [4.78, 5) is 19.0. The topological polar surface area (TPSA) is 66.0 Å². The van der Waals surface area contributed by atoms with Gasteiger partial charge in [-0.25, -0.2) is 0 Å². The molecule has 0 unspecified atom stereocenters. The molecule has 2 N–H and O–H groups in total. The van der Waals surface area contributed by atoms with Crippen LogP contribution in [0.15, 0.2) is 29.3 Å². The number of carbonyl (C=O) groups excluding carboxylic acids is 1. The fourth-order valence-corrected chi connectivity index (χ4v) is 5.19. The number of nitrogens with zero attached hydrogens (tertiary/aromatic N) is 2. The number of rotatable bonds is 6. The van der Waals surface area contributed by atoms with Gasteiger partial charge in [0.1, 0.15) is 0 Å². The highest BCUT2D eigenvalue weighted by atomic mass is 127. The third-order valence-electron chi connectivity index (χ3n) is 7.00. The Morgan fingerprint density at radius 3 is 2.26 bits per heavy atom. The smallest absolute Gasteiger partial charge is 0.230 e. The summed E-state index contributed by atoms with van der Waals surface area (Å²) in [5, 5.41) is 7.04. The Morgan fingerprint density at radius 1 is 1.06 bits per heavy atom. The number of aliphatic imine (C=N–C) groups is 1. The van der Waals surface area contributed by atoms with E-state index in [0.29, 0.717) is 6.54 Å². The minimum Gasteiger partial charge on any atom is -0.381 e. The first-order valence-corrected chi connectivity index (χ1v) is 11.2. The van der Waals surface area contributed by atoms with Crippen LogP contribution < -0.4 is 10.6 Å². The predicted octanol–water partition coefficient (Wildman–Crippen LogP) is 3.47. The zero-order valence-electron chi connectivity index (χ0n) is 19.5. The molecule has 31 heavy (non-hydrogen) atoms. The van der Waals surface area contributed by atoms with E-state index in [1.54, 1.807) is 11.9 Å². The predicted molar refractivity (Wildman–Crippen MR) is 137 cm³/mol. The first-order valence-electron chi connectivity index (χ1n) is 11.2. The van der Waals surface area contributed by atoms with Crippen molar-refractivity contribution in [2.75, 3.05) is 47.4 Å². The van der Waals surface area contributed by atoms with Gasteiger partial charge in [0, 0.05) is 52.9 Å². The molecule has 7 heteroatoms. The van der Waals surface area contributed by atoms with Crippen LogP contribution in [0.1, 0.15) is 49.7 Å². The van der Waals surface area contributed by atoms with E-state index >= 15 is 0 Å². The average molecular weight is 543 g/mol. The molecular formula is C24H39IN4O2. The minimum atomic E-state index is -0.312. The quantitative estimate of drug-likeness (QED) is 0.328. The van der Waals surface area contributed by atoms with E-state index in [2.05, 4.69) is 46.8 Å². The van der Waals surface area contributed by atoms with Crippen LogP contribution >= 0.6 is 24.0 Å². The first kappa shape index (κ1) is 25.9. The van der Waals surface area contributed by atoms with E-state index in [4.69, 9.17) is 4.74 Å². The highest BCUT2D eigenvalue weighted by molar-refractivity contribution is 14.0. The molecule has 1 saturated heterocycles. The van der Waals surface area contributed by atoms with Gasteiger partial charge in [-0.3, -0.25) is 9.79 Å². The van der Waals surface area contributed by atoms with Gasteiger partial charge >= 0.3 is 0 Å². The largest absolute Gasteiger partial charge is 0.381 e. The monoisotopic (exact) mass is 542 g/mol. The number of ether oxygens (including phenoxy) is 1. The number of guanidine groups is 1. The Hall–Kier alpha value is -1.35. The fraction of sp³-hybridized carbons (Fsp3) is 0.667. The molecular weight excluding hydrogens is 503 g/mol. The second-order valence-corrected chi connectivity index (χ2v) is 9.17. The highest BCUT2D eigenvalue weighted by Crippen LogP contribution is 2.39. The Kier molecular flexibility index (Phi) is 9.61. The SMILES string of the molecule is CN=C(NCC1(C(=O)N(C)C)CCCC1)NCC1(c2ccccc2C)CCOCC1.I. The molecule has 1 aromatic rings. The maximum Gasteiger partial charge on any atom is 0.230 e. The van der Waals surface area contributed by atoms with Gasteiger partial charge in [0.2, 0.25) is 5.91 Å². The number of carbonyl (C=O) groups is 1. The van der Waals surface area contributed by atoms with E-state index in [9.17, 15) is 4.79 Å². The van der Waals surface area contributed by atoms with E-state index in [1.807, 2.05) is 14.1 Å². The third kappa shape index (κ3) is 5.92. The normalized spacial score (nSPS) is 19.9. The Bertz CT molecular complexity index is 754. The van der Waals surface area contributed by atoms with Crippen LogP contribution in [0.2, 0.25) is 0 Å². The summed E-state index contributed by atoms with van der Waals surface area (Å²) in [6.45, 7) is 5.18. The van der Waals surface area contributed by atoms with Crippen molar-refractivity contribution in [3.63, 3.8) is 0 Å². The van der Waals surface area contributed by atoms with Crippen molar-refractivity contribution in [1.29, 1.82) is 0 Å². The molecule has 1 amide bonds. The standard InChI is InChI=1S/C24H38N4O2.HI/c1-19-9-5-6-10-20(19)23(13-15-30-16-14-23)17-26-22(25-2)27-18-24(11-7-8-12-24)21(29)28(3)4;/h5-6,9-10H,7-8,11-18H2,1-4H3,(H2,25,26,27);1H. The summed E-state index contributed by atoms with van der Waals surface area (Å²) in [6, 6.07) is 8.67. The summed E-state index contributed by atoms with van der Waals surface area (Å²) < 4.78 is 5.68. The summed E-state index contributed by atoms with van der Waals surface area (Å²) in [6.07, 6.45) is 6.10. The molecule has 1 aromatic carbocycles. The summed E-state index contributed by atoms with van der Waals surface area (Å²) >= 11 is 0. The van der Waals surface area contributed by atoms with Crippen molar-refractivity contribution in [3.05, 3.63) is 35.4 Å². The van der Waals surface area contributed by atoms with Gasteiger partial charge in [-0.15, -0.1) is 24.0 Å². The molecule has 0 atom stereocenters. The van der Waals surface area contributed by atoms with E-state index in [1.165, 1.54) is 11.1 Å². The van der Waals surface area contributed by atoms with Gasteiger partial charge in [-0.05, 0) is 43.7 Å². The number of hydrogen-bond donors (Lipinski definition) is 2. The van der Waals surface area contributed by atoms with Crippen LogP contribution in [0, 0.1) is 12.3 Å². The van der Waals surface area contributed by atoms with Crippen LogP contribution in [0.3, 0.4) is 0 Å². The number of benzene rings is 1. The lowest BCUT2D eigenvalue weighted by Crippen LogP contribution is -2.52. The average Bonchev–Trinajstić information content (AvgIpc) is 3.24. The van der Waals surface area contributed by atoms with Crippen LogP contribution in [-0.2, 0) is 14.9 Å². The molecule has 6 nitrogen and oxygen atoms in total. The molecule has 0 aromatic heterocycles. The van der Waals surface area contributed by atoms with Crippen LogP contribution in [0.5, 0.6) is 0 Å². The number of aryl methyl sites for hydroxylation is 1. The Morgan fingerprint density at radius 2 is 1.68 bits per heavy atom. The maximum atomic E-state index is 12.9. The molecule has 0 bridgehead atoms. The lowest BCUT2D eigenvalue weighted by Gasteiger charge is -2.39. The molecule has 1 aliphatic carbocycles. The lowest BCUT2D eigenvalue weighted by molar-refractivity contribution is -0.138. The van der Waals surface area contributed by atoms with Gasteiger partial charge in [0.15, 0.2) is 5.96 Å². The van der Waals surface area contributed by atoms with E-state index < -0.39 is 0 Å². The van der Waals surface area contributed by atoms with E-state index in [-0.39, 0.29) is 40.7 Å². The Balaban J connectivity index is 0.00000341. The highest BCUT2D eigenvalue weighted by Gasteiger charge is 2.42. The molecule has 1 saturated carbocycles. The van der Waals surface area contributed by atoms with Crippen LogP contribution in [-0.4, -0.2) is 64.2 Å². The molecule has 2 fully saturated rings. The second kappa shape index (κ2) is 11.5. The fourth-order valence-electron chi connectivity index (χ4n) is 5.19. The molecule has 0 radical (unpaired) electrons. The van der Waals surface area contributed by atoms with Crippen molar-refractivity contribution in [2.45, 2.75) is 50.9 Å². The van der Waals surface area contributed by atoms with Crippen LogP contribution in [0.4, 0.5) is 0 Å². The number of amides is 1. The summed E-state index contributed by atoms with van der Waals surface area (Å²) in [7, 11) is 5.51. The lowest BCUT2D eigenvalue weighted by atomic mass is 9.72. The van der Waals surface area contributed by atoms with Gasteiger partial charge in [0.05, 0.1) is 5.41 Å². The molecule has 1 aliphatic heterocycles. The summed E-state index contributed by atoms with van der Waals surface area (Å²) in [5.41, 5.74) is 2.44. The maximum absolute atomic E-state index is 12.9. The zero-order chi connectivity index (χ0) is 21.6. The van der Waals surface area contributed by atoms with Gasteiger partial charge < -0.3 is 20.3 Å². The van der Waals surface area contributed by atoms with Gasteiger partial charge in [-0.1, -0.05) is 37.1 Å². The number of nitrogens with one attached hydrogen (secondary N) is 2. The van der Waals surface area contributed by atoms with Gasteiger partial charge in [0.25, 0.3) is 0 Å². The van der Waals surface area contributed by atoms with Crippen LogP contribution in [0.25, 0.3) is 0 Å². The zero-order valence-corrected chi connectivity index (χ0v) is 21.8. The van der Waals surface area contributed by atoms with Crippen molar-refractivity contribution >= 4 is 35.8 Å². The molecule has 174 valence electrons. The molecule has 1 heterocycles. The minimum absolute atomic E-state index is 0. The molecule has 2 aliphatic rings. The second-order valence-electron chi connectivity index (χ2n) is 9.17. The Labute approximate surface area is 204 Å². The van der Waals surface area contributed by atoms with Crippen molar-refractivity contribution in [2.24, 2.45) is 10.4 Å². The van der Waals surface area contributed by atoms with Crippen molar-refractivity contribution < 1.29 is 9.53 Å². The van der Waals surface area contributed by atoms with E-state index in [0.717, 1.165) is 64.2 Å². The van der Waals surface area contributed by atoms with Crippen molar-refractivity contribution in [3.8, 4) is 0 Å². The number of halogens is 1. The van der Waals surface area contributed by atoms with Gasteiger partial charge in [-0.2, -0.15) is 0 Å². The van der Waals surface area contributed by atoms with Crippen molar-refractivity contribution in [1.82, 2.24) is 15.5 Å². The third-order valence-corrected chi connectivity index (χ3v) is 7.00. The first-order chi connectivity index (χ1) is 14.4. The number of hydrogen-bond acceptors (Lipinski definition) is 3. The molecule has 3 rings (SSSR count). The molecule has 0 spiro atoms. The summed E-state index contributed by atoms with van der Waals surface area (Å²) in [5.74, 6) is 0.996.